The molecule has 1 aromatic heterocycles. The molecule has 1 saturated heterocycles. The number of piperazine rings is 1. The number of aromatic nitrogens is 2. The molecule has 1 unspecified atom stereocenters. The molecule has 2 aromatic rings. The molecule has 0 bridgehead atoms. The summed E-state index contributed by atoms with van der Waals surface area (Å²) in [5.74, 6) is 0.197. The van der Waals surface area contributed by atoms with Gasteiger partial charge in [-0.3, -0.25) is 4.79 Å². The monoisotopic (exact) mass is 375 g/mol. The molecule has 3 rings (SSSR count). The van der Waals surface area contributed by atoms with E-state index in [0.717, 1.165) is 4.68 Å². The van der Waals surface area contributed by atoms with Gasteiger partial charge in [0.05, 0.1) is 28.5 Å². The molecular weight excluding hydrogens is 359 g/mol. The third-order valence-electron chi connectivity index (χ3n) is 4.09. The van der Waals surface area contributed by atoms with E-state index in [1.54, 1.807) is 25.1 Å². The Morgan fingerprint density at radius 1 is 1.44 bits per heavy atom. The van der Waals surface area contributed by atoms with Crippen molar-refractivity contribution < 1.29 is 13.2 Å². The standard InChI is InChI=1S/C15H17ClF3N5O/c1-8(20)13-22-10-4-2-3-9(16)12(10)14(25)24(13)23-6-5-21-11(7-23)15(17,18)19/h2-4,8,11,21H,5-7,20H2,1H3/t8-,11?/m0/s1. The third-order valence-corrected chi connectivity index (χ3v) is 4.40. The largest absolute Gasteiger partial charge is 0.405 e. The molecule has 3 N–H and O–H groups in total. The molecule has 0 radical (unpaired) electrons. The second-order valence-corrected chi connectivity index (χ2v) is 6.38. The van der Waals surface area contributed by atoms with Crippen molar-refractivity contribution in [3.8, 4) is 0 Å². The molecule has 25 heavy (non-hydrogen) atoms. The van der Waals surface area contributed by atoms with E-state index in [1.165, 1.54) is 5.01 Å². The van der Waals surface area contributed by atoms with E-state index >= 15 is 0 Å². The molecule has 1 aromatic carbocycles. The zero-order valence-electron chi connectivity index (χ0n) is 13.3. The average molecular weight is 376 g/mol. The summed E-state index contributed by atoms with van der Waals surface area (Å²) in [5.41, 5.74) is 5.76. The van der Waals surface area contributed by atoms with Crippen molar-refractivity contribution in [1.29, 1.82) is 0 Å². The predicted octanol–water partition coefficient (Wildman–Crippen LogP) is 1.54. The zero-order valence-corrected chi connectivity index (χ0v) is 14.1. The maximum atomic E-state index is 13.1. The van der Waals surface area contributed by atoms with Crippen molar-refractivity contribution in [1.82, 2.24) is 15.0 Å². The van der Waals surface area contributed by atoms with Crippen LogP contribution in [0.1, 0.15) is 18.8 Å². The highest BCUT2D eigenvalue weighted by atomic mass is 35.5. The van der Waals surface area contributed by atoms with Crippen molar-refractivity contribution in [2.45, 2.75) is 25.2 Å². The first-order chi connectivity index (χ1) is 11.7. The van der Waals surface area contributed by atoms with E-state index in [2.05, 4.69) is 10.3 Å². The fourth-order valence-electron chi connectivity index (χ4n) is 2.90. The molecule has 0 saturated carbocycles. The van der Waals surface area contributed by atoms with Gasteiger partial charge in [-0.2, -0.15) is 13.2 Å². The Kier molecular flexibility index (Phi) is 4.65. The van der Waals surface area contributed by atoms with Crippen LogP contribution in [0.15, 0.2) is 23.0 Å². The number of fused-ring (bicyclic) bond motifs is 1. The van der Waals surface area contributed by atoms with Gasteiger partial charge in [0.25, 0.3) is 5.56 Å². The van der Waals surface area contributed by atoms with Crippen LogP contribution in [0.4, 0.5) is 13.2 Å². The van der Waals surface area contributed by atoms with Gasteiger partial charge in [0.1, 0.15) is 11.9 Å². The molecule has 136 valence electrons. The molecule has 1 aliphatic heterocycles. The van der Waals surface area contributed by atoms with Crippen LogP contribution in [0.3, 0.4) is 0 Å². The lowest BCUT2D eigenvalue weighted by atomic mass is 10.2. The van der Waals surface area contributed by atoms with Gasteiger partial charge in [0, 0.05) is 13.1 Å². The lowest BCUT2D eigenvalue weighted by Gasteiger charge is -2.37. The maximum absolute atomic E-state index is 13.1. The fourth-order valence-corrected chi connectivity index (χ4v) is 3.15. The van der Waals surface area contributed by atoms with Gasteiger partial charge in [-0.1, -0.05) is 17.7 Å². The molecule has 1 fully saturated rings. The van der Waals surface area contributed by atoms with Crippen LogP contribution in [-0.2, 0) is 0 Å². The summed E-state index contributed by atoms with van der Waals surface area (Å²) in [5, 5.41) is 4.10. The first kappa shape index (κ1) is 18.0. The van der Waals surface area contributed by atoms with Crippen LogP contribution in [0.2, 0.25) is 5.02 Å². The van der Waals surface area contributed by atoms with Crippen molar-refractivity contribution in [2.24, 2.45) is 5.73 Å². The summed E-state index contributed by atoms with van der Waals surface area (Å²) < 4.78 is 40.3. The summed E-state index contributed by atoms with van der Waals surface area (Å²) in [6.07, 6.45) is -4.42. The highest BCUT2D eigenvalue weighted by Gasteiger charge is 2.42. The van der Waals surface area contributed by atoms with Crippen LogP contribution in [0.5, 0.6) is 0 Å². The summed E-state index contributed by atoms with van der Waals surface area (Å²) >= 11 is 6.11. The molecule has 2 atom stereocenters. The van der Waals surface area contributed by atoms with Gasteiger partial charge in [0.2, 0.25) is 0 Å². The van der Waals surface area contributed by atoms with E-state index in [-0.39, 0.29) is 29.3 Å². The maximum Gasteiger partial charge on any atom is 0.405 e. The summed E-state index contributed by atoms with van der Waals surface area (Å²) in [6, 6.07) is 2.43. The number of halogens is 4. The third kappa shape index (κ3) is 3.31. The molecule has 0 spiro atoms. The number of nitrogens with one attached hydrogen (secondary N) is 1. The number of rotatable bonds is 2. The Morgan fingerprint density at radius 3 is 2.80 bits per heavy atom. The Morgan fingerprint density at radius 2 is 2.16 bits per heavy atom. The second kappa shape index (κ2) is 6.47. The first-order valence-electron chi connectivity index (χ1n) is 7.72. The van der Waals surface area contributed by atoms with E-state index in [0.29, 0.717) is 5.52 Å². The smallest absolute Gasteiger partial charge is 0.322 e. The number of hydrogen-bond donors (Lipinski definition) is 2. The van der Waals surface area contributed by atoms with Gasteiger partial charge < -0.3 is 16.1 Å². The molecule has 0 aliphatic carbocycles. The lowest BCUT2D eigenvalue weighted by Crippen LogP contribution is -2.62. The topological polar surface area (TPSA) is 76.2 Å². The Labute approximate surface area is 146 Å². The van der Waals surface area contributed by atoms with Crippen molar-refractivity contribution in [3.05, 3.63) is 39.4 Å². The van der Waals surface area contributed by atoms with Crippen molar-refractivity contribution >= 4 is 22.5 Å². The van der Waals surface area contributed by atoms with E-state index < -0.39 is 30.4 Å². The van der Waals surface area contributed by atoms with E-state index in [1.807, 2.05) is 0 Å². The Hall–Kier alpha value is -1.84. The predicted molar refractivity (Wildman–Crippen MR) is 89.4 cm³/mol. The molecule has 10 heteroatoms. The van der Waals surface area contributed by atoms with E-state index in [4.69, 9.17) is 17.3 Å². The highest BCUT2D eigenvalue weighted by Crippen LogP contribution is 2.24. The van der Waals surface area contributed by atoms with Gasteiger partial charge >= 0.3 is 6.18 Å². The number of alkyl halides is 3. The van der Waals surface area contributed by atoms with E-state index in [9.17, 15) is 18.0 Å². The van der Waals surface area contributed by atoms with Gasteiger partial charge in [-0.15, -0.1) is 0 Å². The SMILES string of the molecule is C[C@H](N)c1nc2cccc(Cl)c2c(=O)n1N1CCNC(C(F)(F)F)C1. The van der Waals surface area contributed by atoms with Crippen LogP contribution >= 0.6 is 11.6 Å². The number of hydrogen-bond acceptors (Lipinski definition) is 5. The zero-order chi connectivity index (χ0) is 18.4. The molecule has 6 nitrogen and oxygen atoms in total. The molecule has 1 aliphatic rings. The quantitative estimate of drug-likeness (QED) is 0.832. The van der Waals surface area contributed by atoms with Crippen molar-refractivity contribution in [2.75, 3.05) is 24.6 Å². The second-order valence-electron chi connectivity index (χ2n) is 5.97. The number of benzene rings is 1. The minimum Gasteiger partial charge on any atom is -0.322 e. The summed E-state index contributed by atoms with van der Waals surface area (Å²) in [6.45, 7) is 1.50. The van der Waals surface area contributed by atoms with Crippen LogP contribution in [0.25, 0.3) is 10.9 Å². The van der Waals surface area contributed by atoms with Crippen LogP contribution < -0.4 is 21.6 Å². The van der Waals surface area contributed by atoms with Gasteiger partial charge in [-0.25, -0.2) is 9.66 Å². The summed E-state index contributed by atoms with van der Waals surface area (Å²) in [7, 11) is 0. The molecular formula is C15H17ClF3N5O. The van der Waals surface area contributed by atoms with Gasteiger partial charge in [0.15, 0.2) is 0 Å². The lowest BCUT2D eigenvalue weighted by molar-refractivity contribution is -0.156. The van der Waals surface area contributed by atoms with Crippen LogP contribution in [-0.4, -0.2) is 41.5 Å². The average Bonchev–Trinajstić information content (AvgIpc) is 2.53. The molecule has 0 amide bonds. The minimum atomic E-state index is -4.42. The fraction of sp³-hybridized carbons (Fsp3) is 0.467. The normalized spacial score (nSPS) is 20.1. The van der Waals surface area contributed by atoms with Gasteiger partial charge in [-0.05, 0) is 19.1 Å². The Bertz CT molecular complexity index is 851. The first-order valence-corrected chi connectivity index (χ1v) is 8.10. The summed E-state index contributed by atoms with van der Waals surface area (Å²) in [4.78, 5) is 17.3. The van der Waals surface area contributed by atoms with Crippen molar-refractivity contribution in [3.63, 3.8) is 0 Å². The molecule has 2 heterocycles. The number of nitrogens with zero attached hydrogens (tertiary/aromatic N) is 3. The Balaban J connectivity index is 2.17. The number of nitrogens with two attached hydrogens (primary N) is 1. The van der Waals surface area contributed by atoms with Crippen LogP contribution in [0, 0.1) is 0 Å². The highest BCUT2D eigenvalue weighted by molar-refractivity contribution is 6.35. The minimum absolute atomic E-state index is 0.0789.